The van der Waals surface area contributed by atoms with E-state index >= 15 is 0 Å². The third-order valence-corrected chi connectivity index (χ3v) is 6.19. The monoisotopic (exact) mass is 389 g/mol. The molecule has 1 N–H and O–H groups in total. The Hall–Kier alpha value is -1.32. The molecule has 1 aromatic heterocycles. The van der Waals surface area contributed by atoms with Crippen molar-refractivity contribution in [3.05, 3.63) is 17.5 Å². The third kappa shape index (κ3) is 6.63. The number of amides is 1. The molecule has 2 aliphatic carbocycles. The van der Waals surface area contributed by atoms with E-state index < -0.39 is 0 Å². The summed E-state index contributed by atoms with van der Waals surface area (Å²) in [6, 6.07) is 2.79. The zero-order valence-electron chi connectivity index (χ0n) is 18.8. The predicted molar refractivity (Wildman–Crippen MR) is 118 cm³/mol. The standard InChI is InChI=1S/C21H35N3O.C3H8/c1-3-10-19-15-20(23-24(19)18-13-8-5-9-14-18)21(25)22-16(2)17-11-6-4-7-12-17;1-3-2/h15-18H,3-14H2,1-2H3,(H,22,25);3H2,1-2H3/t16-;/m1./s1. The highest BCUT2D eigenvalue weighted by molar-refractivity contribution is 5.92. The zero-order valence-corrected chi connectivity index (χ0v) is 18.8. The maximum absolute atomic E-state index is 12.8. The van der Waals surface area contributed by atoms with Crippen molar-refractivity contribution in [1.29, 1.82) is 0 Å². The van der Waals surface area contributed by atoms with E-state index in [4.69, 9.17) is 5.10 Å². The van der Waals surface area contributed by atoms with Crippen molar-refractivity contribution in [1.82, 2.24) is 15.1 Å². The van der Waals surface area contributed by atoms with Crippen molar-refractivity contribution in [2.75, 3.05) is 0 Å². The van der Waals surface area contributed by atoms with Crippen LogP contribution in [-0.4, -0.2) is 21.7 Å². The van der Waals surface area contributed by atoms with Gasteiger partial charge in [0.05, 0.1) is 6.04 Å². The number of nitrogens with zero attached hydrogens (tertiary/aromatic N) is 2. The topological polar surface area (TPSA) is 46.9 Å². The zero-order chi connectivity index (χ0) is 20.4. The molecule has 4 nitrogen and oxygen atoms in total. The summed E-state index contributed by atoms with van der Waals surface area (Å²) in [5.74, 6) is 0.651. The molecule has 160 valence electrons. The minimum atomic E-state index is 0.0185. The number of carbonyl (C=O) groups is 1. The lowest BCUT2D eigenvalue weighted by Gasteiger charge is -2.28. The molecule has 0 saturated heterocycles. The van der Waals surface area contributed by atoms with E-state index in [1.807, 2.05) is 6.07 Å². The van der Waals surface area contributed by atoms with Crippen molar-refractivity contribution in [2.45, 2.75) is 123 Å². The van der Waals surface area contributed by atoms with E-state index in [1.54, 1.807) is 0 Å². The Morgan fingerprint density at radius 1 is 1.07 bits per heavy atom. The molecule has 0 spiro atoms. The lowest BCUT2D eigenvalue weighted by Crippen LogP contribution is -2.39. The van der Waals surface area contributed by atoms with E-state index in [-0.39, 0.29) is 11.9 Å². The maximum atomic E-state index is 12.8. The summed E-state index contributed by atoms with van der Waals surface area (Å²) in [5.41, 5.74) is 1.86. The average molecular weight is 390 g/mol. The number of hydrogen-bond acceptors (Lipinski definition) is 2. The normalized spacial score (nSPS) is 19.6. The van der Waals surface area contributed by atoms with Gasteiger partial charge in [-0.05, 0) is 51.0 Å². The van der Waals surface area contributed by atoms with Crippen LogP contribution in [0.4, 0.5) is 0 Å². The van der Waals surface area contributed by atoms with Gasteiger partial charge in [0.15, 0.2) is 0 Å². The molecule has 1 aromatic rings. The van der Waals surface area contributed by atoms with E-state index in [1.165, 1.54) is 76.3 Å². The first-order valence-electron chi connectivity index (χ1n) is 12.0. The average Bonchev–Trinajstić information content (AvgIpc) is 3.14. The molecule has 1 heterocycles. The fourth-order valence-electron chi connectivity index (χ4n) is 4.66. The van der Waals surface area contributed by atoms with E-state index in [2.05, 4.69) is 37.7 Å². The minimum Gasteiger partial charge on any atom is -0.348 e. The highest BCUT2D eigenvalue weighted by atomic mass is 16.2. The minimum absolute atomic E-state index is 0.0185. The van der Waals surface area contributed by atoms with Crippen molar-refractivity contribution >= 4 is 5.91 Å². The van der Waals surface area contributed by atoms with Crippen LogP contribution in [0.2, 0.25) is 0 Å². The van der Waals surface area contributed by atoms with Gasteiger partial charge in [-0.2, -0.15) is 5.10 Å². The second kappa shape index (κ2) is 12.3. The van der Waals surface area contributed by atoms with Crippen LogP contribution in [0, 0.1) is 5.92 Å². The first kappa shape index (κ1) is 23.0. The van der Waals surface area contributed by atoms with Gasteiger partial charge in [-0.1, -0.05) is 72.1 Å². The van der Waals surface area contributed by atoms with Gasteiger partial charge in [-0.15, -0.1) is 0 Å². The third-order valence-electron chi connectivity index (χ3n) is 6.19. The Morgan fingerprint density at radius 3 is 2.21 bits per heavy atom. The fourth-order valence-corrected chi connectivity index (χ4v) is 4.66. The highest BCUT2D eigenvalue weighted by Crippen LogP contribution is 2.30. The number of hydrogen-bond donors (Lipinski definition) is 1. The van der Waals surface area contributed by atoms with Crippen LogP contribution in [0.1, 0.15) is 127 Å². The first-order valence-corrected chi connectivity index (χ1v) is 12.0. The second-order valence-electron chi connectivity index (χ2n) is 8.87. The summed E-state index contributed by atoms with van der Waals surface area (Å²) in [4.78, 5) is 12.8. The summed E-state index contributed by atoms with van der Waals surface area (Å²) in [6.07, 6.45) is 16.1. The van der Waals surface area contributed by atoms with Gasteiger partial charge >= 0.3 is 0 Å². The van der Waals surface area contributed by atoms with E-state index in [9.17, 15) is 4.79 Å². The van der Waals surface area contributed by atoms with Crippen LogP contribution < -0.4 is 5.32 Å². The summed E-state index contributed by atoms with van der Waals surface area (Å²) in [5, 5.41) is 7.99. The molecule has 2 fully saturated rings. The van der Waals surface area contributed by atoms with Crippen LogP contribution in [0.3, 0.4) is 0 Å². The van der Waals surface area contributed by atoms with Crippen LogP contribution >= 0.6 is 0 Å². The van der Waals surface area contributed by atoms with Crippen molar-refractivity contribution in [3.63, 3.8) is 0 Å². The lowest BCUT2D eigenvalue weighted by molar-refractivity contribution is 0.0912. The van der Waals surface area contributed by atoms with Gasteiger partial charge in [-0.3, -0.25) is 9.48 Å². The Bertz CT molecular complexity index is 568. The molecule has 0 bridgehead atoms. The first-order chi connectivity index (χ1) is 13.6. The molecule has 0 aromatic carbocycles. The molecule has 1 atom stereocenters. The molecular formula is C24H43N3O. The lowest BCUT2D eigenvalue weighted by atomic mass is 9.84. The number of nitrogens with one attached hydrogen (secondary N) is 1. The van der Waals surface area contributed by atoms with Gasteiger partial charge in [0.1, 0.15) is 5.69 Å². The largest absolute Gasteiger partial charge is 0.348 e. The molecule has 28 heavy (non-hydrogen) atoms. The number of aryl methyl sites for hydroxylation is 1. The molecule has 4 heteroatoms. The summed E-state index contributed by atoms with van der Waals surface area (Å²) in [7, 11) is 0. The SMILES string of the molecule is CCC.CCCc1cc(C(=O)N[C@H](C)C2CCCCC2)nn1C1CCCCC1. The summed E-state index contributed by atoms with van der Waals surface area (Å²) >= 11 is 0. The van der Waals surface area contributed by atoms with Gasteiger partial charge in [-0.25, -0.2) is 0 Å². The van der Waals surface area contributed by atoms with E-state index in [0.29, 0.717) is 17.7 Å². The van der Waals surface area contributed by atoms with Crippen molar-refractivity contribution in [3.8, 4) is 0 Å². The highest BCUT2D eigenvalue weighted by Gasteiger charge is 2.25. The second-order valence-corrected chi connectivity index (χ2v) is 8.87. The summed E-state index contributed by atoms with van der Waals surface area (Å²) in [6.45, 7) is 8.61. The number of rotatable bonds is 6. The number of carbonyl (C=O) groups excluding carboxylic acids is 1. The van der Waals surface area contributed by atoms with Gasteiger partial charge in [0, 0.05) is 11.7 Å². The maximum Gasteiger partial charge on any atom is 0.272 e. The van der Waals surface area contributed by atoms with Crippen LogP contribution in [0.25, 0.3) is 0 Å². The Labute approximate surface area is 172 Å². The molecule has 0 unspecified atom stereocenters. The molecule has 3 rings (SSSR count). The Morgan fingerprint density at radius 2 is 1.64 bits per heavy atom. The molecule has 2 saturated carbocycles. The fraction of sp³-hybridized carbons (Fsp3) is 0.833. The van der Waals surface area contributed by atoms with Crippen molar-refractivity contribution in [2.24, 2.45) is 5.92 Å². The Kier molecular flexibility index (Phi) is 10.1. The predicted octanol–water partition coefficient (Wildman–Crippen LogP) is 6.46. The Balaban J connectivity index is 0.000000878. The van der Waals surface area contributed by atoms with E-state index in [0.717, 1.165) is 12.8 Å². The smallest absolute Gasteiger partial charge is 0.272 e. The van der Waals surface area contributed by atoms with Crippen LogP contribution in [0.15, 0.2) is 6.07 Å². The summed E-state index contributed by atoms with van der Waals surface area (Å²) < 4.78 is 2.18. The van der Waals surface area contributed by atoms with Crippen LogP contribution in [0.5, 0.6) is 0 Å². The van der Waals surface area contributed by atoms with Crippen molar-refractivity contribution < 1.29 is 4.79 Å². The quantitative estimate of drug-likeness (QED) is 0.607. The van der Waals surface area contributed by atoms with Crippen LogP contribution in [-0.2, 0) is 6.42 Å². The number of aromatic nitrogens is 2. The molecular weight excluding hydrogens is 346 g/mol. The van der Waals surface area contributed by atoms with Gasteiger partial charge in [0.2, 0.25) is 0 Å². The molecule has 0 radical (unpaired) electrons. The molecule has 1 amide bonds. The molecule has 0 aliphatic heterocycles. The van der Waals surface area contributed by atoms with Gasteiger partial charge in [0.25, 0.3) is 5.91 Å². The van der Waals surface area contributed by atoms with Gasteiger partial charge < -0.3 is 5.32 Å². The molecule has 2 aliphatic rings.